The number of aliphatic imine (C=N–C) groups is 1. The van der Waals surface area contributed by atoms with Gasteiger partial charge in [-0.25, -0.2) is 0 Å². The molecule has 7 nitrogen and oxygen atoms in total. The van der Waals surface area contributed by atoms with Crippen LogP contribution < -0.4 is 19.5 Å². The van der Waals surface area contributed by atoms with Crippen molar-refractivity contribution in [1.82, 2.24) is 14.8 Å². The molecule has 0 saturated carbocycles. The van der Waals surface area contributed by atoms with E-state index in [-0.39, 0.29) is 0 Å². The van der Waals surface area contributed by atoms with Gasteiger partial charge in [-0.15, -0.1) is 0 Å². The zero-order valence-electron chi connectivity index (χ0n) is 16.7. The van der Waals surface area contributed by atoms with Crippen LogP contribution in [0, 0.1) is 0 Å². The molecule has 0 aliphatic carbocycles. The fourth-order valence-corrected chi connectivity index (χ4v) is 3.42. The summed E-state index contributed by atoms with van der Waals surface area (Å²) < 4.78 is 19.4. The number of benzene rings is 1. The number of methoxy groups -OCH3 is 3. The van der Waals surface area contributed by atoms with Crippen LogP contribution in [0.25, 0.3) is 0 Å². The first kappa shape index (κ1) is 21.0. The summed E-state index contributed by atoms with van der Waals surface area (Å²) in [6.07, 6.45) is 2.04. The summed E-state index contributed by atoms with van der Waals surface area (Å²) in [5.41, 5.74) is 2.18. The van der Waals surface area contributed by atoms with Crippen LogP contribution in [0.15, 0.2) is 33.9 Å². The van der Waals surface area contributed by atoms with Crippen LogP contribution in [0.3, 0.4) is 0 Å². The van der Waals surface area contributed by atoms with Crippen molar-refractivity contribution in [3.63, 3.8) is 0 Å². The normalized spacial score (nSPS) is 11.3. The van der Waals surface area contributed by atoms with Crippen LogP contribution in [-0.2, 0) is 20.1 Å². The number of nitrogens with one attached hydrogen (secondary N) is 1. The molecule has 0 unspecified atom stereocenters. The van der Waals surface area contributed by atoms with E-state index in [4.69, 9.17) is 14.2 Å². The van der Waals surface area contributed by atoms with Gasteiger partial charge in [0.05, 0.1) is 27.9 Å². The molecule has 0 amide bonds. The van der Waals surface area contributed by atoms with Crippen molar-refractivity contribution in [3.05, 3.63) is 40.1 Å². The number of aryl methyl sites for hydroxylation is 1. The van der Waals surface area contributed by atoms with Crippen molar-refractivity contribution < 1.29 is 14.2 Å². The van der Waals surface area contributed by atoms with Crippen molar-refractivity contribution in [2.75, 3.05) is 35.4 Å². The van der Waals surface area contributed by atoms with E-state index < -0.39 is 0 Å². The Morgan fingerprint density at radius 2 is 1.78 bits per heavy atom. The Morgan fingerprint density at radius 3 is 2.22 bits per heavy atom. The van der Waals surface area contributed by atoms with Crippen LogP contribution in [-0.4, -0.2) is 50.9 Å². The van der Waals surface area contributed by atoms with Crippen LogP contribution in [0.2, 0.25) is 0 Å². The number of ether oxygens (including phenoxy) is 3. The number of aromatic nitrogens is 1. The van der Waals surface area contributed by atoms with Gasteiger partial charge < -0.3 is 29.0 Å². The van der Waals surface area contributed by atoms with Gasteiger partial charge in [-0.2, -0.15) is 0 Å². The first-order chi connectivity index (χ1) is 12.9. The first-order valence-corrected chi connectivity index (χ1v) is 9.24. The summed E-state index contributed by atoms with van der Waals surface area (Å²) in [4.78, 5) is 6.45. The minimum absolute atomic E-state index is 0.574. The Bertz CT molecular complexity index is 779. The molecule has 0 fully saturated rings. The maximum absolute atomic E-state index is 5.41. The van der Waals surface area contributed by atoms with Crippen molar-refractivity contribution in [2.24, 2.45) is 12.0 Å². The average molecular weight is 439 g/mol. The Morgan fingerprint density at radius 1 is 1.15 bits per heavy atom. The Balaban J connectivity index is 2.10. The highest BCUT2D eigenvalue weighted by atomic mass is 79.9. The van der Waals surface area contributed by atoms with Gasteiger partial charge >= 0.3 is 0 Å². The van der Waals surface area contributed by atoms with Gasteiger partial charge in [-0.05, 0) is 39.7 Å². The van der Waals surface area contributed by atoms with Gasteiger partial charge in [-0.1, -0.05) is 0 Å². The average Bonchev–Trinajstić information content (AvgIpc) is 2.97. The Labute approximate surface area is 169 Å². The van der Waals surface area contributed by atoms with E-state index in [0.29, 0.717) is 23.8 Å². The quantitative estimate of drug-likeness (QED) is 0.531. The molecule has 0 bridgehead atoms. The summed E-state index contributed by atoms with van der Waals surface area (Å²) >= 11 is 3.51. The standard InChI is InChI=1S/C19H27BrN4O3/c1-21-19(24(3)12-15-9-14(20)11-23(15)2)22-10-13-7-16(25-4)18(27-6)17(8-13)26-5/h7-9,11H,10,12H2,1-6H3,(H,21,22). The van der Waals surface area contributed by atoms with E-state index in [1.165, 1.54) is 5.69 Å². The molecule has 1 aromatic carbocycles. The summed E-state index contributed by atoms with van der Waals surface area (Å²) in [7, 11) is 10.6. The lowest BCUT2D eigenvalue weighted by molar-refractivity contribution is 0.323. The monoisotopic (exact) mass is 438 g/mol. The predicted octanol–water partition coefficient (Wildman–Crippen LogP) is 3.02. The Kier molecular flexibility index (Phi) is 7.41. The predicted molar refractivity (Wildman–Crippen MR) is 111 cm³/mol. The zero-order valence-corrected chi connectivity index (χ0v) is 18.3. The van der Waals surface area contributed by atoms with Gasteiger partial charge in [0.1, 0.15) is 0 Å². The highest BCUT2D eigenvalue weighted by Crippen LogP contribution is 2.38. The first-order valence-electron chi connectivity index (χ1n) is 8.44. The topological polar surface area (TPSA) is 60.3 Å². The molecule has 0 saturated heterocycles. The highest BCUT2D eigenvalue weighted by molar-refractivity contribution is 9.10. The van der Waals surface area contributed by atoms with Crippen LogP contribution >= 0.6 is 15.9 Å². The number of rotatable bonds is 7. The number of hydrogen-bond donors (Lipinski definition) is 1. The molecule has 1 aromatic heterocycles. The minimum atomic E-state index is 0.574. The summed E-state index contributed by atoms with van der Waals surface area (Å²) in [5, 5.41) is 3.38. The van der Waals surface area contributed by atoms with Gasteiger partial charge in [0.15, 0.2) is 17.5 Å². The number of nitrogens with zero attached hydrogens (tertiary/aromatic N) is 3. The van der Waals surface area contributed by atoms with E-state index in [0.717, 1.165) is 22.5 Å². The molecule has 0 radical (unpaired) electrons. The van der Waals surface area contributed by atoms with Gasteiger partial charge in [0, 0.05) is 44.1 Å². The van der Waals surface area contributed by atoms with Crippen LogP contribution in [0.5, 0.6) is 17.2 Å². The number of hydrogen-bond acceptors (Lipinski definition) is 4. The van der Waals surface area contributed by atoms with E-state index in [1.54, 1.807) is 28.4 Å². The number of guanidine groups is 1. The minimum Gasteiger partial charge on any atom is -0.493 e. The third kappa shape index (κ3) is 5.09. The molecule has 8 heteroatoms. The smallest absolute Gasteiger partial charge is 0.203 e. The van der Waals surface area contributed by atoms with Gasteiger partial charge in [-0.3, -0.25) is 4.99 Å². The fourth-order valence-electron chi connectivity index (χ4n) is 2.84. The van der Waals surface area contributed by atoms with Gasteiger partial charge in [0.25, 0.3) is 0 Å². The molecular weight excluding hydrogens is 412 g/mol. The van der Waals surface area contributed by atoms with Crippen molar-refractivity contribution >= 4 is 21.9 Å². The zero-order chi connectivity index (χ0) is 20.0. The lowest BCUT2D eigenvalue weighted by atomic mass is 10.2. The number of halogens is 1. The largest absolute Gasteiger partial charge is 0.493 e. The SMILES string of the molecule is CN=C(NCc1cc(OC)c(OC)c(OC)c1)N(C)Cc1cc(Br)cn1C. The molecule has 0 spiro atoms. The molecule has 0 aliphatic rings. The van der Waals surface area contributed by atoms with Crippen molar-refractivity contribution in [1.29, 1.82) is 0 Å². The second-order valence-corrected chi connectivity index (χ2v) is 6.97. The van der Waals surface area contributed by atoms with E-state index in [2.05, 4.69) is 41.8 Å². The van der Waals surface area contributed by atoms with Gasteiger partial charge in [0.2, 0.25) is 5.75 Å². The van der Waals surface area contributed by atoms with Crippen molar-refractivity contribution in [3.8, 4) is 17.2 Å². The molecule has 0 atom stereocenters. The van der Waals surface area contributed by atoms with Crippen molar-refractivity contribution in [2.45, 2.75) is 13.1 Å². The summed E-state index contributed by atoms with van der Waals surface area (Å²) in [6, 6.07) is 5.95. The molecule has 2 aromatic rings. The third-order valence-corrected chi connectivity index (χ3v) is 4.66. The summed E-state index contributed by atoms with van der Waals surface area (Å²) in [6.45, 7) is 1.31. The molecule has 27 heavy (non-hydrogen) atoms. The lowest BCUT2D eigenvalue weighted by Crippen LogP contribution is -2.38. The molecule has 148 valence electrons. The summed E-state index contributed by atoms with van der Waals surface area (Å²) in [5.74, 6) is 2.64. The highest BCUT2D eigenvalue weighted by Gasteiger charge is 2.14. The maximum Gasteiger partial charge on any atom is 0.203 e. The lowest BCUT2D eigenvalue weighted by Gasteiger charge is -2.23. The molecule has 1 N–H and O–H groups in total. The molecule has 2 rings (SSSR count). The molecular formula is C19H27BrN4O3. The molecule has 0 aliphatic heterocycles. The molecule has 1 heterocycles. The maximum atomic E-state index is 5.41. The van der Waals surface area contributed by atoms with E-state index in [1.807, 2.05) is 32.4 Å². The second kappa shape index (κ2) is 9.55. The fraction of sp³-hybridized carbons (Fsp3) is 0.421. The third-order valence-electron chi connectivity index (χ3n) is 4.22. The van der Waals surface area contributed by atoms with E-state index in [9.17, 15) is 0 Å². The van der Waals surface area contributed by atoms with Crippen LogP contribution in [0.4, 0.5) is 0 Å². The Hall–Kier alpha value is -2.35. The second-order valence-electron chi connectivity index (χ2n) is 6.05. The van der Waals surface area contributed by atoms with Crippen LogP contribution in [0.1, 0.15) is 11.3 Å². The van der Waals surface area contributed by atoms with E-state index >= 15 is 0 Å².